The number of carbonyl (C=O) groups excluding carboxylic acids is 1. The van der Waals surface area contributed by atoms with Crippen LogP contribution in [0.15, 0.2) is 12.1 Å². The number of likely N-dealkylation sites (N-methyl/N-ethyl adjacent to an activating group) is 2. The number of alkyl halides is 3. The summed E-state index contributed by atoms with van der Waals surface area (Å²) in [4.78, 5) is 13.3. The first-order chi connectivity index (χ1) is 10.1. The highest BCUT2D eigenvalue weighted by Gasteiger charge is 2.29. The highest BCUT2D eigenvalue weighted by Crippen LogP contribution is 2.27. The van der Waals surface area contributed by atoms with Crippen LogP contribution in [0.5, 0.6) is 5.75 Å². The predicted octanol–water partition coefficient (Wildman–Crippen LogP) is 2.84. The Hall–Kier alpha value is -1.47. The summed E-state index contributed by atoms with van der Waals surface area (Å²) < 4.78 is 41.6. The normalized spacial score (nSPS) is 10.9. The molecule has 0 heterocycles. The van der Waals surface area contributed by atoms with Crippen LogP contribution in [-0.2, 0) is 11.3 Å². The molecule has 4 nitrogen and oxygen atoms in total. The van der Waals surface area contributed by atoms with Gasteiger partial charge in [-0.2, -0.15) is 13.2 Å². The van der Waals surface area contributed by atoms with E-state index in [1.807, 2.05) is 0 Å². The molecule has 0 bridgehead atoms. The van der Waals surface area contributed by atoms with E-state index < -0.39 is 12.8 Å². The lowest BCUT2D eigenvalue weighted by atomic mass is 10.1. The second-order valence-corrected chi connectivity index (χ2v) is 5.24. The third kappa shape index (κ3) is 7.09. The summed E-state index contributed by atoms with van der Waals surface area (Å²) in [5, 5.41) is 2.78. The highest BCUT2D eigenvalue weighted by molar-refractivity contribution is 5.85. The van der Waals surface area contributed by atoms with E-state index >= 15 is 0 Å². The Morgan fingerprint density at radius 3 is 2.22 bits per heavy atom. The number of rotatable bonds is 6. The van der Waals surface area contributed by atoms with Gasteiger partial charge in [-0.25, -0.2) is 0 Å². The molecular weight excluding hydrogens is 333 g/mol. The summed E-state index contributed by atoms with van der Waals surface area (Å²) in [6.45, 7) is 2.70. The number of amides is 1. The second kappa shape index (κ2) is 8.98. The van der Waals surface area contributed by atoms with Crippen molar-refractivity contribution in [3.63, 3.8) is 0 Å². The van der Waals surface area contributed by atoms with Crippen molar-refractivity contribution in [2.45, 2.75) is 26.6 Å². The van der Waals surface area contributed by atoms with Gasteiger partial charge in [0, 0.05) is 13.6 Å². The fraction of sp³-hybridized carbons (Fsp3) is 0.533. The average molecular weight is 355 g/mol. The zero-order chi connectivity index (χ0) is 16.9. The monoisotopic (exact) mass is 354 g/mol. The highest BCUT2D eigenvalue weighted by atomic mass is 35.5. The molecule has 0 spiro atoms. The second-order valence-electron chi connectivity index (χ2n) is 5.24. The molecular formula is C15H22ClF3N2O2. The number of hydrogen-bond donors (Lipinski definition) is 1. The first-order valence-electron chi connectivity index (χ1n) is 6.82. The Kier molecular flexibility index (Phi) is 8.41. The molecule has 0 radical (unpaired) electrons. The van der Waals surface area contributed by atoms with Crippen molar-refractivity contribution in [3.8, 4) is 5.75 Å². The summed E-state index contributed by atoms with van der Waals surface area (Å²) in [5.41, 5.74) is 2.09. The molecule has 23 heavy (non-hydrogen) atoms. The number of nitrogens with zero attached hydrogens (tertiary/aromatic N) is 1. The minimum atomic E-state index is -4.36. The van der Waals surface area contributed by atoms with Crippen molar-refractivity contribution in [2.75, 3.05) is 27.2 Å². The molecule has 0 atom stereocenters. The van der Waals surface area contributed by atoms with Crippen molar-refractivity contribution in [3.05, 3.63) is 28.8 Å². The van der Waals surface area contributed by atoms with Gasteiger partial charge in [0.2, 0.25) is 5.91 Å². The van der Waals surface area contributed by atoms with Gasteiger partial charge < -0.3 is 15.0 Å². The molecule has 0 aliphatic heterocycles. The van der Waals surface area contributed by atoms with Gasteiger partial charge in [0.1, 0.15) is 5.75 Å². The molecule has 0 fully saturated rings. The van der Waals surface area contributed by atoms with Crippen molar-refractivity contribution in [1.29, 1.82) is 0 Å². The van der Waals surface area contributed by atoms with Crippen molar-refractivity contribution < 1.29 is 22.7 Å². The quantitative estimate of drug-likeness (QED) is 0.854. The molecule has 0 aliphatic carbocycles. The van der Waals surface area contributed by atoms with E-state index in [2.05, 4.69) is 5.32 Å². The largest absolute Gasteiger partial charge is 0.484 e. The van der Waals surface area contributed by atoms with E-state index in [-0.39, 0.29) is 30.6 Å². The van der Waals surface area contributed by atoms with E-state index in [0.29, 0.717) is 17.7 Å². The summed E-state index contributed by atoms with van der Waals surface area (Å²) >= 11 is 0. The molecule has 8 heteroatoms. The standard InChI is InChI=1S/C15H21F3N2O2.ClH/c1-10-5-12(8-20(4)13(21)7-19-3)6-11(2)14(10)22-9-15(16,17)18;/h5-6,19H,7-9H2,1-4H3;1H. The first kappa shape index (κ1) is 21.5. The molecule has 1 aromatic carbocycles. The van der Waals surface area contributed by atoms with E-state index in [1.54, 1.807) is 45.0 Å². The van der Waals surface area contributed by atoms with Gasteiger partial charge in [0.25, 0.3) is 0 Å². The fourth-order valence-corrected chi connectivity index (χ4v) is 2.16. The van der Waals surface area contributed by atoms with Gasteiger partial charge >= 0.3 is 6.18 Å². The lowest BCUT2D eigenvalue weighted by molar-refractivity contribution is -0.153. The Labute approximate surface area is 140 Å². The molecule has 1 aromatic rings. The lowest BCUT2D eigenvalue weighted by Crippen LogP contribution is -2.33. The minimum absolute atomic E-state index is 0. The van der Waals surface area contributed by atoms with Gasteiger partial charge in [-0.1, -0.05) is 12.1 Å². The van der Waals surface area contributed by atoms with Gasteiger partial charge in [-0.3, -0.25) is 4.79 Å². The number of ether oxygens (including phenoxy) is 1. The molecule has 0 aromatic heterocycles. The summed E-state index contributed by atoms with van der Waals surface area (Å²) in [7, 11) is 3.37. The van der Waals surface area contributed by atoms with Crippen molar-refractivity contribution >= 4 is 18.3 Å². The Morgan fingerprint density at radius 2 is 1.78 bits per heavy atom. The molecule has 0 aliphatic rings. The molecule has 0 saturated carbocycles. The SMILES string of the molecule is CNCC(=O)N(C)Cc1cc(C)c(OCC(F)(F)F)c(C)c1.Cl. The van der Waals surface area contributed by atoms with Gasteiger partial charge in [0.15, 0.2) is 6.61 Å². The van der Waals surface area contributed by atoms with Crippen LogP contribution in [-0.4, -0.2) is 44.2 Å². The zero-order valence-electron chi connectivity index (χ0n) is 13.6. The van der Waals surface area contributed by atoms with Crippen LogP contribution in [0.1, 0.15) is 16.7 Å². The number of carbonyl (C=O) groups is 1. The van der Waals surface area contributed by atoms with Crippen LogP contribution < -0.4 is 10.1 Å². The van der Waals surface area contributed by atoms with Crippen LogP contribution >= 0.6 is 12.4 Å². The van der Waals surface area contributed by atoms with E-state index in [0.717, 1.165) is 5.56 Å². The summed E-state index contributed by atoms with van der Waals surface area (Å²) in [5.74, 6) is 0.181. The number of benzene rings is 1. The van der Waals surface area contributed by atoms with E-state index in [9.17, 15) is 18.0 Å². The molecule has 132 valence electrons. The van der Waals surface area contributed by atoms with Gasteiger partial charge in [0.05, 0.1) is 6.54 Å². The maximum atomic E-state index is 12.2. The van der Waals surface area contributed by atoms with Crippen molar-refractivity contribution in [2.24, 2.45) is 0 Å². The third-order valence-electron chi connectivity index (χ3n) is 3.07. The number of nitrogens with one attached hydrogen (secondary N) is 1. The topological polar surface area (TPSA) is 41.6 Å². The predicted molar refractivity (Wildman–Crippen MR) is 85.1 cm³/mol. The van der Waals surface area contributed by atoms with Gasteiger partial charge in [-0.05, 0) is 37.6 Å². The average Bonchev–Trinajstić information content (AvgIpc) is 2.36. The third-order valence-corrected chi connectivity index (χ3v) is 3.07. The molecule has 0 saturated heterocycles. The number of hydrogen-bond acceptors (Lipinski definition) is 3. The minimum Gasteiger partial charge on any atom is -0.484 e. The first-order valence-corrected chi connectivity index (χ1v) is 6.82. The van der Waals surface area contributed by atoms with Crippen LogP contribution in [0.3, 0.4) is 0 Å². The maximum Gasteiger partial charge on any atom is 0.422 e. The number of halogens is 4. The van der Waals surface area contributed by atoms with Gasteiger partial charge in [-0.15, -0.1) is 12.4 Å². The van der Waals surface area contributed by atoms with Crippen LogP contribution in [0.2, 0.25) is 0 Å². The van der Waals surface area contributed by atoms with E-state index in [1.165, 1.54) is 0 Å². The lowest BCUT2D eigenvalue weighted by Gasteiger charge is -2.19. The molecule has 1 rings (SSSR count). The smallest absolute Gasteiger partial charge is 0.422 e. The van der Waals surface area contributed by atoms with E-state index in [4.69, 9.17) is 4.74 Å². The summed E-state index contributed by atoms with van der Waals surface area (Å²) in [6.07, 6.45) is -4.36. The Balaban J connectivity index is 0.00000484. The van der Waals surface area contributed by atoms with Crippen LogP contribution in [0.4, 0.5) is 13.2 Å². The Bertz CT molecular complexity index is 513. The van der Waals surface area contributed by atoms with Crippen molar-refractivity contribution in [1.82, 2.24) is 10.2 Å². The maximum absolute atomic E-state index is 12.2. The van der Waals surface area contributed by atoms with Crippen LogP contribution in [0.25, 0.3) is 0 Å². The fourth-order valence-electron chi connectivity index (χ4n) is 2.16. The molecule has 0 unspecified atom stereocenters. The molecule has 1 amide bonds. The molecule has 1 N–H and O–H groups in total. The Morgan fingerprint density at radius 1 is 1.26 bits per heavy atom. The summed E-state index contributed by atoms with van der Waals surface area (Å²) in [6, 6.07) is 3.48. The zero-order valence-corrected chi connectivity index (χ0v) is 14.4. The van der Waals surface area contributed by atoms with Crippen LogP contribution in [0, 0.1) is 13.8 Å². The number of aryl methyl sites for hydroxylation is 2.